The molecule has 0 amide bonds. The Balaban J connectivity index is 1.88. The summed E-state index contributed by atoms with van der Waals surface area (Å²) in [4.78, 5) is 27.5. The van der Waals surface area contributed by atoms with Crippen LogP contribution >= 0.6 is 0 Å². The van der Waals surface area contributed by atoms with Crippen LogP contribution in [-0.4, -0.2) is 18.1 Å². The fourth-order valence-corrected chi connectivity index (χ4v) is 2.17. The molecule has 0 saturated heterocycles. The summed E-state index contributed by atoms with van der Waals surface area (Å²) in [6.07, 6.45) is 2.99. The van der Waals surface area contributed by atoms with E-state index in [-0.39, 0.29) is 6.61 Å². The van der Waals surface area contributed by atoms with Crippen LogP contribution in [0.4, 0.5) is 0 Å². The van der Waals surface area contributed by atoms with Crippen molar-refractivity contribution in [1.29, 1.82) is 0 Å². The molecule has 0 N–H and O–H groups in total. The number of aromatic nitrogens is 1. The van der Waals surface area contributed by atoms with Crippen LogP contribution in [-0.2, 0) is 11.3 Å². The van der Waals surface area contributed by atoms with Gasteiger partial charge in [-0.25, -0.2) is 9.59 Å². The van der Waals surface area contributed by atoms with Crippen LogP contribution in [0.2, 0.25) is 0 Å². The minimum absolute atomic E-state index is 0.0395. The van der Waals surface area contributed by atoms with E-state index >= 15 is 0 Å². The standard InChI is InChI=1S/C17H13NO5/c1-21-13-4-5-14-12(7-16(19)23-15(14)8-13)10-22-17(20)11-3-2-6-18-9-11/h2-9H,10H2,1H3. The summed E-state index contributed by atoms with van der Waals surface area (Å²) in [7, 11) is 1.53. The smallest absolute Gasteiger partial charge is 0.340 e. The number of hydrogen-bond donors (Lipinski definition) is 0. The van der Waals surface area contributed by atoms with Gasteiger partial charge in [0, 0.05) is 35.5 Å². The van der Waals surface area contributed by atoms with Crippen molar-refractivity contribution in [2.45, 2.75) is 6.61 Å². The number of esters is 1. The third kappa shape index (κ3) is 3.21. The van der Waals surface area contributed by atoms with Crippen molar-refractivity contribution in [3.05, 3.63) is 70.3 Å². The first-order chi connectivity index (χ1) is 11.2. The first-order valence-electron chi connectivity index (χ1n) is 6.85. The number of carbonyl (C=O) groups excluding carboxylic acids is 1. The lowest BCUT2D eigenvalue weighted by Gasteiger charge is -2.08. The molecule has 116 valence electrons. The van der Waals surface area contributed by atoms with Crippen molar-refractivity contribution >= 4 is 16.9 Å². The Morgan fingerprint density at radius 2 is 2.13 bits per heavy atom. The van der Waals surface area contributed by atoms with Gasteiger partial charge in [0.15, 0.2) is 0 Å². The summed E-state index contributed by atoms with van der Waals surface area (Å²) in [6.45, 7) is -0.0395. The maximum absolute atomic E-state index is 12.0. The molecule has 6 nitrogen and oxygen atoms in total. The van der Waals surface area contributed by atoms with E-state index < -0.39 is 11.6 Å². The average Bonchev–Trinajstić information content (AvgIpc) is 2.59. The zero-order chi connectivity index (χ0) is 16.2. The van der Waals surface area contributed by atoms with Crippen LogP contribution in [0, 0.1) is 0 Å². The number of hydrogen-bond acceptors (Lipinski definition) is 6. The number of rotatable bonds is 4. The highest BCUT2D eigenvalue weighted by Crippen LogP contribution is 2.23. The van der Waals surface area contributed by atoms with Crippen molar-refractivity contribution in [3.63, 3.8) is 0 Å². The summed E-state index contributed by atoms with van der Waals surface area (Å²) < 4.78 is 15.5. The van der Waals surface area contributed by atoms with Gasteiger partial charge in [-0.05, 0) is 24.3 Å². The highest BCUT2D eigenvalue weighted by molar-refractivity contribution is 5.89. The number of ether oxygens (including phenoxy) is 2. The van der Waals surface area contributed by atoms with Crippen molar-refractivity contribution in [3.8, 4) is 5.75 Å². The molecule has 2 aromatic heterocycles. The third-order valence-electron chi connectivity index (χ3n) is 3.29. The van der Waals surface area contributed by atoms with Crippen LogP contribution in [0.1, 0.15) is 15.9 Å². The Morgan fingerprint density at radius 3 is 2.87 bits per heavy atom. The van der Waals surface area contributed by atoms with Gasteiger partial charge in [-0.1, -0.05) is 0 Å². The van der Waals surface area contributed by atoms with E-state index in [2.05, 4.69) is 4.98 Å². The van der Waals surface area contributed by atoms with E-state index in [9.17, 15) is 9.59 Å². The van der Waals surface area contributed by atoms with Crippen LogP contribution in [0.3, 0.4) is 0 Å². The second-order valence-corrected chi connectivity index (χ2v) is 4.77. The molecule has 3 aromatic rings. The summed E-state index contributed by atoms with van der Waals surface area (Å²) in [5, 5.41) is 0.685. The zero-order valence-electron chi connectivity index (χ0n) is 12.3. The molecule has 0 atom stereocenters. The van der Waals surface area contributed by atoms with Crippen molar-refractivity contribution in [1.82, 2.24) is 4.98 Å². The molecule has 0 saturated carbocycles. The number of methoxy groups -OCH3 is 1. The second kappa shape index (κ2) is 6.31. The fraction of sp³-hybridized carbons (Fsp3) is 0.118. The first-order valence-corrected chi connectivity index (χ1v) is 6.85. The van der Waals surface area contributed by atoms with E-state index in [1.54, 1.807) is 36.5 Å². The number of fused-ring (bicyclic) bond motifs is 1. The monoisotopic (exact) mass is 311 g/mol. The van der Waals surface area contributed by atoms with Gasteiger partial charge < -0.3 is 13.9 Å². The maximum Gasteiger partial charge on any atom is 0.340 e. The van der Waals surface area contributed by atoms with Gasteiger partial charge in [0.1, 0.15) is 17.9 Å². The number of nitrogens with zero attached hydrogens (tertiary/aromatic N) is 1. The van der Waals surface area contributed by atoms with E-state index in [1.807, 2.05) is 0 Å². The molecule has 0 aliphatic rings. The van der Waals surface area contributed by atoms with Gasteiger partial charge in [0.05, 0.1) is 12.7 Å². The molecule has 0 bridgehead atoms. The first kappa shape index (κ1) is 14.8. The maximum atomic E-state index is 12.0. The van der Waals surface area contributed by atoms with Crippen LogP contribution in [0.15, 0.2) is 58.0 Å². The summed E-state index contributed by atoms with van der Waals surface area (Å²) in [5.74, 6) is 0.0677. The normalized spacial score (nSPS) is 10.5. The Labute approximate surface area is 131 Å². The zero-order valence-corrected chi connectivity index (χ0v) is 12.3. The molecule has 23 heavy (non-hydrogen) atoms. The predicted molar refractivity (Wildman–Crippen MR) is 82.4 cm³/mol. The SMILES string of the molecule is COc1ccc2c(COC(=O)c3cccnc3)cc(=O)oc2c1. The van der Waals surface area contributed by atoms with Gasteiger partial charge >= 0.3 is 11.6 Å². The molecule has 6 heteroatoms. The van der Waals surface area contributed by atoms with Crippen molar-refractivity contribution in [2.75, 3.05) is 7.11 Å². The lowest BCUT2D eigenvalue weighted by molar-refractivity contribution is 0.0473. The number of pyridine rings is 1. The molecular weight excluding hydrogens is 298 g/mol. The molecule has 2 heterocycles. The number of benzene rings is 1. The molecule has 0 fully saturated rings. The second-order valence-electron chi connectivity index (χ2n) is 4.77. The molecule has 0 unspecified atom stereocenters. The van der Waals surface area contributed by atoms with E-state index in [0.29, 0.717) is 27.8 Å². The van der Waals surface area contributed by atoms with Crippen LogP contribution < -0.4 is 10.4 Å². The number of carbonyl (C=O) groups is 1. The Kier molecular flexibility index (Phi) is 4.05. The minimum atomic E-state index is -0.516. The molecule has 0 aliphatic carbocycles. The molecule has 0 radical (unpaired) electrons. The van der Waals surface area contributed by atoms with Crippen LogP contribution in [0.25, 0.3) is 11.0 Å². The van der Waals surface area contributed by atoms with Crippen LogP contribution in [0.5, 0.6) is 5.75 Å². The van der Waals surface area contributed by atoms with Crippen molar-refractivity contribution < 1.29 is 18.7 Å². The predicted octanol–water partition coefficient (Wildman–Crippen LogP) is 2.55. The van der Waals surface area contributed by atoms with Gasteiger partial charge in [-0.2, -0.15) is 0 Å². The van der Waals surface area contributed by atoms with E-state index in [0.717, 1.165) is 0 Å². The van der Waals surface area contributed by atoms with E-state index in [1.165, 1.54) is 19.4 Å². The van der Waals surface area contributed by atoms with Gasteiger partial charge in [0.2, 0.25) is 0 Å². The lowest BCUT2D eigenvalue weighted by Crippen LogP contribution is -2.08. The van der Waals surface area contributed by atoms with Gasteiger partial charge in [0.25, 0.3) is 0 Å². The van der Waals surface area contributed by atoms with Gasteiger partial charge in [-0.15, -0.1) is 0 Å². The topological polar surface area (TPSA) is 78.6 Å². The Hall–Kier alpha value is -3.15. The lowest BCUT2D eigenvalue weighted by atomic mass is 10.1. The molecule has 0 aliphatic heterocycles. The van der Waals surface area contributed by atoms with E-state index in [4.69, 9.17) is 13.9 Å². The fourth-order valence-electron chi connectivity index (χ4n) is 2.17. The summed E-state index contributed by atoms with van der Waals surface area (Å²) in [6, 6.07) is 9.68. The highest BCUT2D eigenvalue weighted by atomic mass is 16.5. The third-order valence-corrected chi connectivity index (χ3v) is 3.29. The summed E-state index contributed by atoms with van der Waals surface area (Å²) >= 11 is 0. The largest absolute Gasteiger partial charge is 0.497 e. The Bertz CT molecular complexity index is 902. The Morgan fingerprint density at radius 1 is 1.26 bits per heavy atom. The minimum Gasteiger partial charge on any atom is -0.497 e. The van der Waals surface area contributed by atoms with Gasteiger partial charge in [-0.3, -0.25) is 4.98 Å². The molecular formula is C17H13NO5. The molecule has 3 rings (SSSR count). The average molecular weight is 311 g/mol. The van der Waals surface area contributed by atoms with Crippen molar-refractivity contribution in [2.24, 2.45) is 0 Å². The summed E-state index contributed by atoms with van der Waals surface area (Å²) in [5.41, 5.74) is 0.778. The molecule has 0 spiro atoms. The highest BCUT2D eigenvalue weighted by Gasteiger charge is 2.11. The quantitative estimate of drug-likeness (QED) is 0.544. The molecule has 1 aromatic carbocycles.